The largest absolute Gasteiger partial charge is 0.463 e. The van der Waals surface area contributed by atoms with Crippen molar-refractivity contribution in [2.24, 2.45) is 11.3 Å². The van der Waals surface area contributed by atoms with Gasteiger partial charge in [-0.3, -0.25) is 34.0 Å². The number of aromatic nitrogens is 1. The van der Waals surface area contributed by atoms with Crippen molar-refractivity contribution in [3.05, 3.63) is 47.7 Å². The molecule has 1 saturated heterocycles. The summed E-state index contributed by atoms with van der Waals surface area (Å²) in [6.45, 7) is 8.72. The molecule has 2 aromatic rings. The highest BCUT2D eigenvalue weighted by atomic mass is 16.6. The predicted octanol–water partition coefficient (Wildman–Crippen LogP) is 3.50. The first kappa shape index (κ1) is 34.0. The highest BCUT2D eigenvalue weighted by molar-refractivity contribution is 5.92. The van der Waals surface area contributed by atoms with Crippen LogP contribution in [0, 0.1) is 11.3 Å². The molecule has 5 rings (SSSR count). The number of hydrogen-bond donors (Lipinski definition) is 3. The number of benzene rings is 1. The van der Waals surface area contributed by atoms with E-state index in [1.165, 1.54) is 11.9 Å². The summed E-state index contributed by atoms with van der Waals surface area (Å²) < 4.78 is 11.4. The Balaban J connectivity index is 1.52. The van der Waals surface area contributed by atoms with Gasteiger partial charge in [-0.05, 0) is 76.0 Å². The van der Waals surface area contributed by atoms with Gasteiger partial charge in [-0.2, -0.15) is 0 Å². The van der Waals surface area contributed by atoms with Gasteiger partial charge in [0.1, 0.15) is 18.2 Å². The normalized spacial score (nSPS) is 30.1. The van der Waals surface area contributed by atoms with Crippen LogP contribution >= 0.6 is 0 Å². The van der Waals surface area contributed by atoms with Crippen molar-refractivity contribution in [1.82, 2.24) is 26.1 Å². The standard InChI is InChI=1S/C35H45N5O7/c1-20(2)30-32(43)37-22(4)33(44)40-18-6-7-28(39-40)31(42)36-21(3)27-11-10-25-9-8-24(19-29(25)38-27)12-15-35(34(45)47-30)16-13-26(14-17-35)46-23(5)41/h8-12,15,19-22,26,28,30,39H,6-7,13-14,16-18H2,1-5H3,(H,36,42)(H,37,43)/b15-12+/t21-,22+,26-,28+,30+,35+/m1/s1. The summed E-state index contributed by atoms with van der Waals surface area (Å²) in [6.07, 6.45) is 5.00. The molecule has 1 aromatic carbocycles. The van der Waals surface area contributed by atoms with Crippen LogP contribution in [0.4, 0.5) is 0 Å². The van der Waals surface area contributed by atoms with Crippen LogP contribution in [0.2, 0.25) is 0 Å². The minimum absolute atomic E-state index is 0.253. The van der Waals surface area contributed by atoms with Crippen molar-refractivity contribution >= 4 is 46.6 Å². The Morgan fingerprint density at radius 3 is 2.40 bits per heavy atom. The van der Waals surface area contributed by atoms with Gasteiger partial charge in [0.05, 0.1) is 22.7 Å². The molecule has 1 saturated carbocycles. The van der Waals surface area contributed by atoms with Gasteiger partial charge >= 0.3 is 11.9 Å². The number of amides is 3. The molecule has 5 bridgehead atoms. The van der Waals surface area contributed by atoms with Crippen molar-refractivity contribution < 1.29 is 33.4 Å². The highest BCUT2D eigenvalue weighted by Gasteiger charge is 2.44. The van der Waals surface area contributed by atoms with Crippen molar-refractivity contribution in [3.63, 3.8) is 0 Å². The van der Waals surface area contributed by atoms with Crippen LogP contribution in [-0.4, -0.2) is 70.5 Å². The number of ether oxygens (including phenoxy) is 2. The van der Waals surface area contributed by atoms with E-state index in [1.807, 2.05) is 49.4 Å². The molecule has 1 aliphatic carbocycles. The molecule has 2 aliphatic heterocycles. The molecule has 1 spiro atoms. The lowest BCUT2D eigenvalue weighted by Crippen LogP contribution is -2.61. The molecule has 1 aromatic heterocycles. The second kappa shape index (κ2) is 14.2. The number of pyridine rings is 1. The summed E-state index contributed by atoms with van der Waals surface area (Å²) in [7, 11) is 0. The van der Waals surface area contributed by atoms with E-state index >= 15 is 0 Å². The van der Waals surface area contributed by atoms with E-state index in [4.69, 9.17) is 14.5 Å². The smallest absolute Gasteiger partial charge is 0.316 e. The third kappa shape index (κ3) is 7.81. The minimum atomic E-state index is -1.15. The van der Waals surface area contributed by atoms with Crippen LogP contribution in [0.5, 0.6) is 0 Å². The number of fused-ring (bicyclic) bond motifs is 4. The topological polar surface area (TPSA) is 156 Å². The van der Waals surface area contributed by atoms with Gasteiger partial charge in [0.15, 0.2) is 6.10 Å². The maximum atomic E-state index is 14.1. The van der Waals surface area contributed by atoms with Crippen molar-refractivity contribution in [3.8, 4) is 0 Å². The number of carbonyl (C=O) groups is 5. The fourth-order valence-electron chi connectivity index (χ4n) is 6.49. The number of hydrazine groups is 1. The molecule has 12 nitrogen and oxygen atoms in total. The van der Waals surface area contributed by atoms with Gasteiger partial charge < -0.3 is 20.1 Å². The number of hydrogen-bond acceptors (Lipinski definition) is 9. The third-order valence-corrected chi connectivity index (χ3v) is 9.29. The second-order valence-electron chi connectivity index (χ2n) is 13.3. The minimum Gasteiger partial charge on any atom is -0.463 e. The Labute approximate surface area is 275 Å². The van der Waals surface area contributed by atoms with Gasteiger partial charge in [-0.25, -0.2) is 5.43 Å². The molecule has 47 heavy (non-hydrogen) atoms. The number of nitrogens with zero attached hydrogens (tertiary/aromatic N) is 2. The van der Waals surface area contributed by atoms with E-state index in [2.05, 4.69) is 16.1 Å². The third-order valence-electron chi connectivity index (χ3n) is 9.29. The molecule has 0 unspecified atom stereocenters. The van der Waals surface area contributed by atoms with Gasteiger partial charge in [-0.1, -0.05) is 44.2 Å². The van der Waals surface area contributed by atoms with Gasteiger partial charge in [0.25, 0.3) is 11.8 Å². The van der Waals surface area contributed by atoms with Crippen LogP contribution in [0.3, 0.4) is 0 Å². The summed E-state index contributed by atoms with van der Waals surface area (Å²) in [5.41, 5.74) is 4.19. The molecule has 3 aliphatic rings. The van der Waals surface area contributed by atoms with Crippen LogP contribution in [-0.2, 0) is 33.4 Å². The maximum absolute atomic E-state index is 14.1. The zero-order chi connectivity index (χ0) is 33.9. The first-order valence-electron chi connectivity index (χ1n) is 16.5. The summed E-state index contributed by atoms with van der Waals surface area (Å²) in [5.74, 6) is -2.54. The van der Waals surface area contributed by atoms with E-state index in [0.29, 0.717) is 50.8 Å². The second-order valence-corrected chi connectivity index (χ2v) is 13.3. The maximum Gasteiger partial charge on any atom is 0.316 e. The van der Waals surface area contributed by atoms with E-state index in [-0.39, 0.29) is 23.9 Å². The quantitative estimate of drug-likeness (QED) is 0.415. The molecule has 3 heterocycles. The number of carbonyl (C=O) groups excluding carboxylic acids is 5. The fourth-order valence-corrected chi connectivity index (χ4v) is 6.49. The summed E-state index contributed by atoms with van der Waals surface area (Å²) >= 11 is 0. The van der Waals surface area contributed by atoms with E-state index < -0.39 is 47.4 Å². The average molecular weight is 648 g/mol. The van der Waals surface area contributed by atoms with Crippen LogP contribution in [0.15, 0.2) is 36.4 Å². The molecule has 3 amide bonds. The molecule has 12 heteroatoms. The Kier molecular flexibility index (Phi) is 10.3. The van der Waals surface area contributed by atoms with Gasteiger partial charge in [0, 0.05) is 18.9 Å². The predicted molar refractivity (Wildman–Crippen MR) is 174 cm³/mol. The molecule has 0 radical (unpaired) electrons. The fraction of sp³-hybridized carbons (Fsp3) is 0.543. The number of cyclic esters (lactones) is 1. The Morgan fingerprint density at radius 2 is 1.70 bits per heavy atom. The number of nitrogens with one attached hydrogen (secondary N) is 3. The van der Waals surface area contributed by atoms with E-state index in [0.717, 1.165) is 16.5 Å². The Morgan fingerprint density at radius 1 is 1.00 bits per heavy atom. The van der Waals surface area contributed by atoms with Crippen molar-refractivity contribution in [2.45, 2.75) is 103 Å². The molecule has 252 valence electrons. The Hall–Kier alpha value is -4.32. The number of esters is 2. The van der Waals surface area contributed by atoms with Crippen molar-refractivity contribution in [2.75, 3.05) is 6.54 Å². The van der Waals surface area contributed by atoms with E-state index in [9.17, 15) is 24.0 Å². The summed E-state index contributed by atoms with van der Waals surface area (Å²) in [4.78, 5) is 70.7. The zero-order valence-electron chi connectivity index (χ0n) is 27.7. The van der Waals surface area contributed by atoms with Crippen LogP contribution < -0.4 is 16.1 Å². The zero-order valence-corrected chi connectivity index (χ0v) is 27.7. The van der Waals surface area contributed by atoms with E-state index in [1.54, 1.807) is 20.8 Å². The van der Waals surface area contributed by atoms with Crippen LogP contribution in [0.1, 0.15) is 90.4 Å². The SMILES string of the molecule is CC(=O)O[C@H]1CC[C@]2(/C=C/c3ccc4ccc(nc4c3)[C@@H](C)NC(=O)[C@@H]3CCCN(N3)C(=O)[C@H](C)NC(=O)[C@H](C(C)C)OC2=O)CC1. The molecular formula is C35H45N5O7. The lowest BCUT2D eigenvalue weighted by molar-refractivity contribution is -0.169. The summed E-state index contributed by atoms with van der Waals surface area (Å²) in [5, 5.41) is 8.05. The lowest BCUT2D eigenvalue weighted by Gasteiger charge is -2.37. The molecule has 3 N–H and O–H groups in total. The highest BCUT2D eigenvalue weighted by Crippen LogP contribution is 2.41. The lowest BCUT2D eigenvalue weighted by atomic mass is 9.72. The summed E-state index contributed by atoms with van der Waals surface area (Å²) in [6, 6.07) is 7.66. The average Bonchev–Trinajstić information content (AvgIpc) is 3.05. The molecule has 4 atom stereocenters. The van der Waals surface area contributed by atoms with Crippen LogP contribution in [0.25, 0.3) is 17.0 Å². The molecule has 2 fully saturated rings. The van der Waals surface area contributed by atoms with Gasteiger partial charge in [-0.15, -0.1) is 0 Å². The first-order valence-corrected chi connectivity index (χ1v) is 16.5. The van der Waals surface area contributed by atoms with Gasteiger partial charge in [0.2, 0.25) is 5.91 Å². The molecular weight excluding hydrogens is 602 g/mol. The number of rotatable bonds is 2. The monoisotopic (exact) mass is 647 g/mol. The van der Waals surface area contributed by atoms with Crippen molar-refractivity contribution in [1.29, 1.82) is 0 Å². The first-order chi connectivity index (χ1) is 22.3. The Bertz CT molecular complexity index is 1560.